The highest BCUT2D eigenvalue weighted by molar-refractivity contribution is 6.31. The van der Waals surface area contributed by atoms with Crippen LogP contribution in [0.15, 0.2) is 30.6 Å². The van der Waals surface area contributed by atoms with Gasteiger partial charge in [-0.05, 0) is 30.5 Å². The Morgan fingerprint density at radius 2 is 2.26 bits per heavy atom. The minimum atomic E-state index is -0.140. The average molecular weight is 279 g/mol. The summed E-state index contributed by atoms with van der Waals surface area (Å²) in [5.41, 5.74) is 5.92. The Kier molecular flexibility index (Phi) is 4.58. The van der Waals surface area contributed by atoms with E-state index in [9.17, 15) is 0 Å². The van der Waals surface area contributed by atoms with Crippen molar-refractivity contribution >= 4 is 11.6 Å². The Morgan fingerprint density at radius 1 is 1.47 bits per heavy atom. The first-order chi connectivity index (χ1) is 9.15. The number of rotatable bonds is 5. The van der Waals surface area contributed by atoms with Gasteiger partial charge in [-0.15, -0.1) is 0 Å². The van der Waals surface area contributed by atoms with Crippen molar-refractivity contribution in [1.29, 1.82) is 0 Å². The average Bonchev–Trinajstić information content (AvgIpc) is 2.82. The Morgan fingerprint density at radius 3 is 2.89 bits per heavy atom. The summed E-state index contributed by atoms with van der Waals surface area (Å²) in [6.07, 6.45) is 4.88. The molecule has 0 aliphatic carbocycles. The lowest BCUT2D eigenvalue weighted by molar-refractivity contribution is 0.598. The molecule has 3 N–H and O–H groups in total. The fraction of sp³-hybridized carbons (Fsp3) is 0.357. The molecule has 0 spiro atoms. The molecule has 19 heavy (non-hydrogen) atoms. The van der Waals surface area contributed by atoms with E-state index in [-0.39, 0.29) is 6.04 Å². The van der Waals surface area contributed by atoms with E-state index in [2.05, 4.69) is 17.4 Å². The smallest absolute Gasteiger partial charge is 0.0755 e. The second-order valence-electron chi connectivity index (χ2n) is 4.66. The Balaban J connectivity index is 2.32. The molecule has 0 amide bonds. The topological polar surface area (TPSA) is 55.9 Å². The van der Waals surface area contributed by atoms with E-state index in [1.807, 2.05) is 42.2 Å². The number of nitrogens with two attached hydrogens (primary N) is 1. The normalized spacial score (nSPS) is 12.6. The van der Waals surface area contributed by atoms with E-state index < -0.39 is 0 Å². The summed E-state index contributed by atoms with van der Waals surface area (Å²) in [6.45, 7) is 5.04. The quantitative estimate of drug-likeness (QED) is 0.653. The molecule has 1 aromatic carbocycles. The summed E-state index contributed by atoms with van der Waals surface area (Å²) in [6, 6.07) is 5.83. The fourth-order valence-electron chi connectivity index (χ4n) is 2.11. The van der Waals surface area contributed by atoms with Crippen LogP contribution in [0, 0.1) is 6.92 Å². The lowest BCUT2D eigenvalue weighted by atomic mass is 10.0. The number of hydrogen-bond donors (Lipinski definition) is 2. The van der Waals surface area contributed by atoms with E-state index in [1.54, 1.807) is 0 Å². The molecule has 0 bridgehead atoms. The predicted molar refractivity (Wildman–Crippen MR) is 77.9 cm³/mol. The van der Waals surface area contributed by atoms with Crippen LogP contribution in [0.1, 0.15) is 36.1 Å². The first-order valence-electron chi connectivity index (χ1n) is 6.40. The molecule has 1 aromatic heterocycles. The van der Waals surface area contributed by atoms with Crippen molar-refractivity contribution in [3.05, 3.63) is 52.3 Å². The maximum atomic E-state index is 6.30. The highest BCUT2D eigenvalue weighted by atomic mass is 35.5. The number of hydrogen-bond acceptors (Lipinski definition) is 3. The fourth-order valence-corrected chi connectivity index (χ4v) is 2.46. The molecular formula is C14H19ClN4. The van der Waals surface area contributed by atoms with Gasteiger partial charge in [0.2, 0.25) is 0 Å². The van der Waals surface area contributed by atoms with Crippen LogP contribution in [0.4, 0.5) is 0 Å². The molecule has 102 valence electrons. The van der Waals surface area contributed by atoms with Crippen molar-refractivity contribution in [3.63, 3.8) is 0 Å². The first kappa shape index (κ1) is 14.1. The van der Waals surface area contributed by atoms with Crippen molar-refractivity contribution < 1.29 is 0 Å². The van der Waals surface area contributed by atoms with Gasteiger partial charge in [0.1, 0.15) is 0 Å². The van der Waals surface area contributed by atoms with Crippen LogP contribution in [0.3, 0.4) is 0 Å². The molecule has 0 saturated heterocycles. The monoisotopic (exact) mass is 278 g/mol. The van der Waals surface area contributed by atoms with Crippen LogP contribution in [0.5, 0.6) is 0 Å². The van der Waals surface area contributed by atoms with Gasteiger partial charge < -0.3 is 0 Å². The second-order valence-corrected chi connectivity index (χ2v) is 5.07. The summed E-state index contributed by atoms with van der Waals surface area (Å²) >= 11 is 6.30. The number of nitrogens with one attached hydrogen (secondary N) is 1. The maximum absolute atomic E-state index is 6.30. The summed E-state index contributed by atoms with van der Waals surface area (Å²) in [5.74, 6) is 5.68. The standard InChI is InChI=1S/C14H19ClN4/c1-3-6-19-9-11(8-17-19)14(18-16)12-5-4-10(2)7-13(12)15/h4-5,7-9,14,18H,3,6,16H2,1-2H3. The third kappa shape index (κ3) is 3.15. The molecule has 2 rings (SSSR count). The van der Waals surface area contributed by atoms with Gasteiger partial charge in [-0.25, -0.2) is 5.43 Å². The summed E-state index contributed by atoms with van der Waals surface area (Å²) < 4.78 is 1.92. The van der Waals surface area contributed by atoms with Crippen LogP contribution in [0.25, 0.3) is 0 Å². The van der Waals surface area contributed by atoms with Crippen molar-refractivity contribution in [1.82, 2.24) is 15.2 Å². The number of aromatic nitrogens is 2. The molecule has 0 saturated carbocycles. The van der Waals surface area contributed by atoms with Crippen molar-refractivity contribution in [2.24, 2.45) is 5.84 Å². The maximum Gasteiger partial charge on any atom is 0.0755 e. The minimum absolute atomic E-state index is 0.140. The molecule has 1 atom stereocenters. The van der Waals surface area contributed by atoms with Gasteiger partial charge in [0, 0.05) is 23.3 Å². The van der Waals surface area contributed by atoms with Crippen LogP contribution in [-0.2, 0) is 6.54 Å². The second kappa shape index (κ2) is 6.19. The van der Waals surface area contributed by atoms with Gasteiger partial charge in [-0.1, -0.05) is 30.7 Å². The zero-order valence-electron chi connectivity index (χ0n) is 11.2. The highest BCUT2D eigenvalue weighted by Gasteiger charge is 2.17. The van der Waals surface area contributed by atoms with Crippen molar-refractivity contribution in [3.8, 4) is 0 Å². The molecule has 2 aromatic rings. The molecule has 0 aliphatic rings. The molecule has 4 nitrogen and oxygen atoms in total. The van der Waals surface area contributed by atoms with Crippen LogP contribution < -0.4 is 11.3 Å². The van der Waals surface area contributed by atoms with Gasteiger partial charge in [0.05, 0.1) is 12.2 Å². The van der Waals surface area contributed by atoms with Gasteiger partial charge >= 0.3 is 0 Å². The SMILES string of the molecule is CCCn1cc(C(NN)c2ccc(C)cc2Cl)cn1. The molecule has 0 radical (unpaired) electrons. The van der Waals surface area contributed by atoms with Gasteiger partial charge in [0.25, 0.3) is 0 Å². The van der Waals surface area contributed by atoms with Crippen LogP contribution in [0.2, 0.25) is 5.02 Å². The zero-order chi connectivity index (χ0) is 13.8. The van der Waals surface area contributed by atoms with E-state index in [1.165, 1.54) is 0 Å². The third-order valence-electron chi connectivity index (χ3n) is 3.07. The molecular weight excluding hydrogens is 260 g/mol. The first-order valence-corrected chi connectivity index (χ1v) is 6.78. The lowest BCUT2D eigenvalue weighted by Crippen LogP contribution is -2.28. The predicted octanol–water partition coefficient (Wildman–Crippen LogP) is 2.81. The number of hydrazine groups is 1. The minimum Gasteiger partial charge on any atom is -0.272 e. The van der Waals surface area contributed by atoms with E-state index >= 15 is 0 Å². The van der Waals surface area contributed by atoms with E-state index in [0.29, 0.717) is 5.02 Å². The van der Waals surface area contributed by atoms with Gasteiger partial charge in [-0.3, -0.25) is 10.5 Å². The number of nitrogens with zero attached hydrogens (tertiary/aromatic N) is 2. The third-order valence-corrected chi connectivity index (χ3v) is 3.40. The van der Waals surface area contributed by atoms with Crippen LogP contribution >= 0.6 is 11.6 Å². The Labute approximate surface area is 118 Å². The molecule has 0 fully saturated rings. The summed E-state index contributed by atoms with van der Waals surface area (Å²) in [5, 5.41) is 5.04. The highest BCUT2D eigenvalue weighted by Crippen LogP contribution is 2.28. The lowest BCUT2D eigenvalue weighted by Gasteiger charge is -2.16. The number of benzene rings is 1. The van der Waals surface area contributed by atoms with Crippen LogP contribution in [-0.4, -0.2) is 9.78 Å². The molecule has 0 aliphatic heterocycles. The number of aryl methyl sites for hydroxylation is 2. The molecule has 5 heteroatoms. The van der Waals surface area contributed by atoms with Gasteiger partial charge in [-0.2, -0.15) is 5.10 Å². The van der Waals surface area contributed by atoms with E-state index in [4.69, 9.17) is 17.4 Å². The summed E-state index contributed by atoms with van der Waals surface area (Å²) in [7, 11) is 0. The summed E-state index contributed by atoms with van der Waals surface area (Å²) in [4.78, 5) is 0. The Bertz CT molecular complexity index is 550. The zero-order valence-corrected chi connectivity index (χ0v) is 12.0. The van der Waals surface area contributed by atoms with Crippen molar-refractivity contribution in [2.75, 3.05) is 0 Å². The largest absolute Gasteiger partial charge is 0.272 e. The Hall–Kier alpha value is -1.36. The number of halogens is 1. The van der Waals surface area contributed by atoms with Crippen molar-refractivity contribution in [2.45, 2.75) is 32.9 Å². The molecule has 1 heterocycles. The molecule has 1 unspecified atom stereocenters. The van der Waals surface area contributed by atoms with Gasteiger partial charge in [0.15, 0.2) is 0 Å². The van der Waals surface area contributed by atoms with E-state index in [0.717, 1.165) is 29.7 Å².